The third-order valence-electron chi connectivity index (χ3n) is 5.69. The summed E-state index contributed by atoms with van der Waals surface area (Å²) < 4.78 is 11.9. The highest BCUT2D eigenvalue weighted by atomic mass is 16.5. The maximum atomic E-state index is 9.51. The van der Waals surface area contributed by atoms with Crippen LogP contribution in [0.4, 0.5) is 11.6 Å². The van der Waals surface area contributed by atoms with Gasteiger partial charge in [0.25, 0.3) is 0 Å². The van der Waals surface area contributed by atoms with Crippen LogP contribution in [0.2, 0.25) is 0 Å². The molecule has 4 aliphatic rings. The average molecular weight is 326 g/mol. The van der Waals surface area contributed by atoms with E-state index >= 15 is 0 Å². The molecule has 0 aliphatic carbocycles. The van der Waals surface area contributed by atoms with Crippen molar-refractivity contribution in [3.8, 4) is 6.07 Å². The zero-order chi connectivity index (χ0) is 16.1. The van der Waals surface area contributed by atoms with Gasteiger partial charge in [-0.15, -0.1) is 0 Å². The second-order valence-electron chi connectivity index (χ2n) is 7.38. The molecule has 1 aromatic heterocycles. The van der Waals surface area contributed by atoms with Gasteiger partial charge in [0.15, 0.2) is 0 Å². The molecule has 0 spiro atoms. The van der Waals surface area contributed by atoms with Crippen molar-refractivity contribution in [2.24, 2.45) is 0 Å². The number of nitrogens with zero attached hydrogens (tertiary/aromatic N) is 4. The average Bonchev–Trinajstić information content (AvgIpc) is 3.14. The lowest BCUT2D eigenvalue weighted by molar-refractivity contribution is 0.0297. The number of hydrogen-bond donors (Lipinski definition) is 0. The van der Waals surface area contributed by atoms with Crippen LogP contribution in [-0.4, -0.2) is 55.6 Å². The second kappa shape index (κ2) is 5.61. The van der Waals surface area contributed by atoms with E-state index in [9.17, 15) is 5.26 Å². The number of nitriles is 1. The van der Waals surface area contributed by atoms with Gasteiger partial charge in [0.2, 0.25) is 0 Å². The Bertz CT molecular complexity index is 664. The number of pyridine rings is 1. The highest BCUT2D eigenvalue weighted by molar-refractivity contribution is 5.59. The van der Waals surface area contributed by atoms with Crippen LogP contribution in [0.3, 0.4) is 0 Å². The van der Waals surface area contributed by atoms with E-state index in [0.29, 0.717) is 30.0 Å². The Morgan fingerprint density at radius 2 is 1.42 bits per heavy atom. The third-order valence-corrected chi connectivity index (χ3v) is 5.69. The van der Waals surface area contributed by atoms with E-state index in [0.717, 1.165) is 63.5 Å². The van der Waals surface area contributed by atoms with Gasteiger partial charge in [0.1, 0.15) is 17.7 Å². The smallest absolute Gasteiger partial charge is 0.149 e. The Labute approximate surface area is 142 Å². The van der Waals surface area contributed by atoms with E-state index in [1.807, 2.05) is 12.1 Å². The summed E-state index contributed by atoms with van der Waals surface area (Å²) in [6.45, 7) is 3.50. The van der Waals surface area contributed by atoms with Gasteiger partial charge < -0.3 is 19.3 Å². The predicted octanol–water partition coefficient (Wildman–Crippen LogP) is 1.69. The molecule has 4 bridgehead atoms. The summed E-state index contributed by atoms with van der Waals surface area (Å²) in [5.74, 6) is 1.80. The minimum absolute atomic E-state index is 0.292. The van der Waals surface area contributed by atoms with E-state index in [1.54, 1.807) is 0 Å². The van der Waals surface area contributed by atoms with Crippen LogP contribution in [0.15, 0.2) is 12.1 Å². The molecule has 126 valence electrons. The maximum Gasteiger partial charge on any atom is 0.149 e. The molecule has 4 saturated heterocycles. The van der Waals surface area contributed by atoms with Crippen molar-refractivity contribution in [3.05, 3.63) is 17.7 Å². The van der Waals surface area contributed by atoms with Crippen molar-refractivity contribution in [3.63, 3.8) is 0 Å². The Morgan fingerprint density at radius 1 is 0.875 bits per heavy atom. The number of hydrogen-bond acceptors (Lipinski definition) is 6. The molecule has 5 rings (SSSR count). The van der Waals surface area contributed by atoms with Gasteiger partial charge in [-0.3, -0.25) is 0 Å². The third kappa shape index (κ3) is 2.43. The zero-order valence-corrected chi connectivity index (χ0v) is 13.7. The molecular weight excluding hydrogens is 304 g/mol. The number of aromatic nitrogens is 1. The highest BCUT2D eigenvalue weighted by Crippen LogP contribution is 2.33. The first-order valence-electron chi connectivity index (χ1n) is 9.00. The molecule has 0 aromatic carbocycles. The van der Waals surface area contributed by atoms with Crippen LogP contribution >= 0.6 is 0 Å². The molecule has 0 amide bonds. The quantitative estimate of drug-likeness (QED) is 0.824. The Balaban J connectivity index is 1.44. The molecule has 1 aromatic rings. The van der Waals surface area contributed by atoms with Gasteiger partial charge in [0, 0.05) is 26.2 Å². The number of anilines is 2. The van der Waals surface area contributed by atoms with Gasteiger partial charge in [0.05, 0.1) is 30.0 Å². The molecule has 0 saturated carbocycles. The van der Waals surface area contributed by atoms with Crippen molar-refractivity contribution in [1.29, 1.82) is 5.26 Å². The number of fused-ring (bicyclic) bond motifs is 4. The van der Waals surface area contributed by atoms with Crippen molar-refractivity contribution in [1.82, 2.24) is 4.98 Å². The van der Waals surface area contributed by atoms with E-state index in [4.69, 9.17) is 14.5 Å². The first-order valence-corrected chi connectivity index (χ1v) is 9.00. The van der Waals surface area contributed by atoms with Gasteiger partial charge >= 0.3 is 0 Å². The van der Waals surface area contributed by atoms with E-state index in [2.05, 4.69) is 15.9 Å². The fourth-order valence-electron chi connectivity index (χ4n) is 4.53. The fourth-order valence-corrected chi connectivity index (χ4v) is 4.53. The standard InChI is InChI=1S/C18H22N4O2/c19-7-12-1-6-17(21-8-13-2-3-14(9-21)23-13)20-18(12)22-10-15-4-5-16(11-22)24-15/h1,6,13-16H,2-5,8-11H2. The van der Waals surface area contributed by atoms with Gasteiger partial charge in [-0.25, -0.2) is 4.98 Å². The number of morpholine rings is 2. The lowest BCUT2D eigenvalue weighted by Gasteiger charge is -2.36. The van der Waals surface area contributed by atoms with Gasteiger partial charge in [-0.2, -0.15) is 5.26 Å². The summed E-state index contributed by atoms with van der Waals surface area (Å²) in [7, 11) is 0. The molecule has 4 fully saturated rings. The monoisotopic (exact) mass is 326 g/mol. The van der Waals surface area contributed by atoms with Gasteiger partial charge in [-0.1, -0.05) is 0 Å². The summed E-state index contributed by atoms with van der Waals surface area (Å²) in [6, 6.07) is 6.23. The van der Waals surface area contributed by atoms with Crippen LogP contribution in [0.5, 0.6) is 0 Å². The topological polar surface area (TPSA) is 61.6 Å². The Hall–Kier alpha value is -1.84. The first-order chi connectivity index (χ1) is 11.8. The van der Waals surface area contributed by atoms with Crippen LogP contribution in [-0.2, 0) is 9.47 Å². The lowest BCUT2D eigenvalue weighted by atomic mass is 10.2. The SMILES string of the molecule is N#Cc1ccc(N2CC3CCC(C2)O3)nc1N1CC2CCC(C1)O2. The molecule has 4 unspecified atom stereocenters. The lowest BCUT2D eigenvalue weighted by Crippen LogP contribution is -2.45. The van der Waals surface area contributed by atoms with Crippen molar-refractivity contribution in [2.45, 2.75) is 50.1 Å². The minimum atomic E-state index is 0.292. The summed E-state index contributed by atoms with van der Waals surface area (Å²) >= 11 is 0. The van der Waals surface area contributed by atoms with Crippen LogP contribution in [0.25, 0.3) is 0 Å². The summed E-state index contributed by atoms with van der Waals surface area (Å²) in [5, 5.41) is 9.51. The largest absolute Gasteiger partial charge is 0.371 e. The molecule has 4 aliphatic heterocycles. The second-order valence-corrected chi connectivity index (χ2v) is 7.38. The van der Waals surface area contributed by atoms with Crippen LogP contribution in [0.1, 0.15) is 31.2 Å². The van der Waals surface area contributed by atoms with E-state index in [-0.39, 0.29) is 0 Å². The molecule has 0 N–H and O–H groups in total. The van der Waals surface area contributed by atoms with Crippen LogP contribution < -0.4 is 9.80 Å². The summed E-state index contributed by atoms with van der Waals surface area (Å²) in [5.41, 5.74) is 0.663. The van der Waals surface area contributed by atoms with E-state index in [1.165, 1.54) is 0 Å². The normalized spacial score (nSPS) is 34.5. The maximum absolute atomic E-state index is 9.51. The molecule has 0 radical (unpaired) electrons. The number of rotatable bonds is 2. The highest BCUT2D eigenvalue weighted by Gasteiger charge is 2.37. The predicted molar refractivity (Wildman–Crippen MR) is 89.2 cm³/mol. The first kappa shape index (κ1) is 14.5. The molecule has 5 heterocycles. The minimum Gasteiger partial charge on any atom is -0.371 e. The molecule has 6 nitrogen and oxygen atoms in total. The zero-order valence-electron chi connectivity index (χ0n) is 13.7. The Kier molecular flexibility index (Phi) is 3.39. The van der Waals surface area contributed by atoms with Gasteiger partial charge in [-0.05, 0) is 37.8 Å². The van der Waals surface area contributed by atoms with Crippen molar-refractivity contribution < 1.29 is 9.47 Å². The molecule has 6 heteroatoms. The van der Waals surface area contributed by atoms with Crippen molar-refractivity contribution in [2.75, 3.05) is 36.0 Å². The van der Waals surface area contributed by atoms with Crippen LogP contribution in [0, 0.1) is 11.3 Å². The Morgan fingerprint density at radius 3 is 1.96 bits per heavy atom. The molecule has 4 atom stereocenters. The summed E-state index contributed by atoms with van der Waals surface area (Å²) in [4.78, 5) is 9.48. The van der Waals surface area contributed by atoms with Crippen molar-refractivity contribution >= 4 is 11.6 Å². The molecular formula is C18H22N4O2. The molecule has 24 heavy (non-hydrogen) atoms. The fraction of sp³-hybridized carbons (Fsp3) is 0.667. The van der Waals surface area contributed by atoms with E-state index < -0.39 is 0 Å². The number of ether oxygens (including phenoxy) is 2. The summed E-state index contributed by atoms with van der Waals surface area (Å²) in [6.07, 6.45) is 5.80.